The van der Waals surface area contributed by atoms with E-state index in [9.17, 15) is 4.79 Å². The predicted molar refractivity (Wildman–Crippen MR) is 50.7 cm³/mol. The Morgan fingerprint density at radius 2 is 2.50 bits per heavy atom. The van der Waals surface area contributed by atoms with Gasteiger partial charge in [0.15, 0.2) is 0 Å². The molecule has 1 rings (SSSR count). The van der Waals surface area contributed by atoms with Gasteiger partial charge in [0.1, 0.15) is 11.6 Å². The van der Waals surface area contributed by atoms with Crippen molar-refractivity contribution >= 4 is 30.2 Å². The molecule has 12 heavy (non-hydrogen) atoms. The van der Waals surface area contributed by atoms with Crippen LogP contribution in [0.1, 0.15) is 5.82 Å². The average Bonchev–Trinajstić information content (AvgIpc) is 2.52. The molecule has 0 radical (unpaired) electrons. The quantitative estimate of drug-likeness (QED) is 0.555. The fourth-order valence-corrected chi connectivity index (χ4v) is 1.14. The van der Waals surface area contributed by atoms with Crippen molar-refractivity contribution in [3.05, 3.63) is 5.82 Å². The molecule has 0 bridgehead atoms. The minimum absolute atomic E-state index is 0.0436. The Bertz CT molecular complexity index is 274. The first-order chi connectivity index (χ1) is 5.76. The van der Waals surface area contributed by atoms with Crippen molar-refractivity contribution in [1.82, 2.24) is 15.2 Å². The minimum Gasteiger partial charge on any atom is -0.298 e. The smallest absolute Gasteiger partial charge is 0.208 e. The van der Waals surface area contributed by atoms with E-state index in [4.69, 9.17) is 0 Å². The number of rotatable bonds is 4. The molecule has 0 amide bonds. The van der Waals surface area contributed by atoms with Crippen LogP contribution in [0.3, 0.4) is 0 Å². The lowest BCUT2D eigenvalue weighted by Gasteiger charge is -1.89. The lowest BCUT2D eigenvalue weighted by molar-refractivity contribution is -0.116. The molecule has 6 heteroatoms. The molecule has 1 N–H and O–H groups in total. The molecule has 0 atom stereocenters. The molecule has 1 aromatic heterocycles. The number of aromatic nitrogens is 3. The third-order valence-electron chi connectivity index (χ3n) is 1.23. The first-order valence-corrected chi connectivity index (χ1v) is 5.20. The summed E-state index contributed by atoms with van der Waals surface area (Å²) in [7, 11) is 0. The number of nitrogens with zero attached hydrogens (tertiary/aromatic N) is 2. The first kappa shape index (κ1) is 9.60. The maximum Gasteiger partial charge on any atom is 0.208 e. The van der Waals surface area contributed by atoms with Crippen LogP contribution in [0.5, 0.6) is 0 Å². The van der Waals surface area contributed by atoms with Gasteiger partial charge in [-0.1, -0.05) is 11.8 Å². The van der Waals surface area contributed by atoms with Crippen molar-refractivity contribution in [2.45, 2.75) is 11.6 Å². The van der Waals surface area contributed by atoms with Crippen LogP contribution >= 0.6 is 24.4 Å². The number of thioether (sulfide) groups is 1. The second-order valence-electron chi connectivity index (χ2n) is 2.14. The molecule has 1 aromatic rings. The molecule has 1 heterocycles. The molecule has 66 valence electrons. The number of Topliss-reactive ketones (excluding diaryl/α,β-unsaturated/α-hetero) is 1. The molecule has 0 unspecified atom stereocenters. The Kier molecular flexibility index (Phi) is 3.61. The number of aromatic amines is 1. The van der Waals surface area contributed by atoms with E-state index in [0.29, 0.717) is 11.0 Å². The molecular weight excluding hydrogens is 194 g/mol. The number of carbonyl (C=O) groups excluding carboxylic acids is 1. The molecule has 4 nitrogen and oxygen atoms in total. The van der Waals surface area contributed by atoms with E-state index in [1.807, 2.05) is 6.26 Å². The van der Waals surface area contributed by atoms with Crippen LogP contribution in [-0.4, -0.2) is 33.0 Å². The van der Waals surface area contributed by atoms with Crippen LogP contribution in [0, 0.1) is 0 Å². The summed E-state index contributed by atoms with van der Waals surface area (Å²) in [6.07, 6.45) is 2.17. The number of carbonyl (C=O) groups is 1. The second-order valence-corrected chi connectivity index (χ2v) is 3.23. The SMILES string of the molecule is CSc1n[nH]c(CC(=O)CS)n1. The zero-order valence-corrected chi connectivity index (χ0v) is 8.28. The summed E-state index contributed by atoms with van der Waals surface area (Å²) in [5.74, 6) is 0.899. The van der Waals surface area contributed by atoms with Gasteiger partial charge in [-0.05, 0) is 6.26 Å². The lowest BCUT2D eigenvalue weighted by atomic mass is 10.3. The predicted octanol–water partition coefficient (Wildman–Crippen LogP) is 0.568. The first-order valence-electron chi connectivity index (χ1n) is 3.34. The largest absolute Gasteiger partial charge is 0.298 e. The Morgan fingerprint density at radius 3 is 3.00 bits per heavy atom. The van der Waals surface area contributed by atoms with Gasteiger partial charge in [0, 0.05) is 5.75 Å². The third kappa shape index (κ3) is 2.53. The normalized spacial score (nSPS) is 10.2. The molecule has 0 saturated carbocycles. The maximum absolute atomic E-state index is 10.9. The van der Waals surface area contributed by atoms with Crippen LogP contribution in [0.25, 0.3) is 0 Å². The van der Waals surface area contributed by atoms with Gasteiger partial charge in [-0.2, -0.15) is 12.6 Å². The van der Waals surface area contributed by atoms with E-state index in [2.05, 4.69) is 27.8 Å². The highest BCUT2D eigenvalue weighted by Crippen LogP contribution is 2.06. The van der Waals surface area contributed by atoms with Crippen LogP contribution < -0.4 is 0 Å². The van der Waals surface area contributed by atoms with Crippen LogP contribution in [0.15, 0.2) is 5.16 Å². The second kappa shape index (κ2) is 4.51. The summed E-state index contributed by atoms with van der Waals surface area (Å²) in [5.41, 5.74) is 0. The Balaban J connectivity index is 2.58. The van der Waals surface area contributed by atoms with Crippen molar-refractivity contribution in [2.24, 2.45) is 0 Å². The number of nitrogens with one attached hydrogen (secondary N) is 1. The van der Waals surface area contributed by atoms with E-state index in [-0.39, 0.29) is 18.0 Å². The highest BCUT2D eigenvalue weighted by Gasteiger charge is 2.05. The van der Waals surface area contributed by atoms with E-state index in [0.717, 1.165) is 0 Å². The van der Waals surface area contributed by atoms with E-state index in [1.54, 1.807) is 0 Å². The zero-order valence-electron chi connectivity index (χ0n) is 6.57. The molecule has 0 aliphatic rings. The molecule has 0 saturated heterocycles. The fourth-order valence-electron chi connectivity index (χ4n) is 0.691. The summed E-state index contributed by atoms with van der Waals surface area (Å²) in [4.78, 5) is 15.0. The van der Waals surface area contributed by atoms with Gasteiger partial charge in [0.2, 0.25) is 5.16 Å². The number of H-pyrrole nitrogens is 1. The highest BCUT2D eigenvalue weighted by molar-refractivity contribution is 7.98. The van der Waals surface area contributed by atoms with E-state index < -0.39 is 0 Å². The standard InChI is InChI=1S/C6H9N3OS2/c1-12-6-7-5(8-9-6)2-4(10)3-11/h11H,2-3H2,1H3,(H,7,8,9). The average molecular weight is 203 g/mol. The van der Waals surface area contributed by atoms with Crippen LogP contribution in [-0.2, 0) is 11.2 Å². The van der Waals surface area contributed by atoms with Crippen LogP contribution in [0.4, 0.5) is 0 Å². The van der Waals surface area contributed by atoms with Gasteiger partial charge in [-0.25, -0.2) is 4.98 Å². The summed E-state index contributed by atoms with van der Waals surface area (Å²) in [6, 6.07) is 0. The van der Waals surface area contributed by atoms with Gasteiger partial charge >= 0.3 is 0 Å². The van der Waals surface area contributed by atoms with Crippen LogP contribution in [0.2, 0.25) is 0 Å². The molecule has 0 fully saturated rings. The van der Waals surface area contributed by atoms with Crippen molar-refractivity contribution < 1.29 is 4.79 Å². The Hall–Kier alpha value is -0.490. The number of ketones is 1. The van der Waals surface area contributed by atoms with E-state index >= 15 is 0 Å². The molecule has 0 aliphatic heterocycles. The van der Waals surface area contributed by atoms with Crippen molar-refractivity contribution in [1.29, 1.82) is 0 Å². The monoisotopic (exact) mass is 203 g/mol. The third-order valence-corrected chi connectivity index (χ3v) is 2.14. The van der Waals surface area contributed by atoms with Gasteiger partial charge in [-0.15, -0.1) is 5.10 Å². The number of hydrogen-bond acceptors (Lipinski definition) is 5. The highest BCUT2D eigenvalue weighted by atomic mass is 32.2. The zero-order chi connectivity index (χ0) is 8.97. The summed E-state index contributed by atoms with van der Waals surface area (Å²) in [5, 5.41) is 7.22. The molecule has 0 aromatic carbocycles. The van der Waals surface area contributed by atoms with E-state index in [1.165, 1.54) is 11.8 Å². The van der Waals surface area contributed by atoms with Crippen molar-refractivity contribution in [3.8, 4) is 0 Å². The maximum atomic E-state index is 10.9. The molecule has 0 aliphatic carbocycles. The van der Waals surface area contributed by atoms with Gasteiger partial charge in [0.25, 0.3) is 0 Å². The minimum atomic E-state index is 0.0436. The van der Waals surface area contributed by atoms with Crippen molar-refractivity contribution in [2.75, 3.05) is 12.0 Å². The van der Waals surface area contributed by atoms with Crippen molar-refractivity contribution in [3.63, 3.8) is 0 Å². The summed E-state index contributed by atoms with van der Waals surface area (Å²) < 4.78 is 0. The topological polar surface area (TPSA) is 58.6 Å². The molecule has 0 spiro atoms. The van der Waals surface area contributed by atoms with Gasteiger partial charge in [-0.3, -0.25) is 9.89 Å². The Labute approximate surface area is 79.9 Å². The number of hydrogen-bond donors (Lipinski definition) is 2. The number of thiol groups is 1. The summed E-state index contributed by atoms with van der Waals surface area (Å²) in [6.45, 7) is 0. The summed E-state index contributed by atoms with van der Waals surface area (Å²) >= 11 is 5.30. The van der Waals surface area contributed by atoms with Gasteiger partial charge in [0.05, 0.1) is 6.42 Å². The molecular formula is C6H9N3OS2. The lowest BCUT2D eigenvalue weighted by Crippen LogP contribution is -2.05. The Morgan fingerprint density at radius 1 is 1.75 bits per heavy atom. The fraction of sp³-hybridized carbons (Fsp3) is 0.500. The van der Waals surface area contributed by atoms with Gasteiger partial charge < -0.3 is 0 Å².